The van der Waals surface area contributed by atoms with E-state index in [1.54, 1.807) is 51.1 Å². The van der Waals surface area contributed by atoms with Gasteiger partial charge in [0.2, 0.25) is 29.5 Å². The minimum Gasteiger partial charge on any atom is -0.491 e. The molecule has 1 fully saturated rings. The van der Waals surface area contributed by atoms with Gasteiger partial charge >= 0.3 is 0 Å². The molecule has 2 aromatic carbocycles. The Hall–Kier alpha value is -5.05. The maximum absolute atomic E-state index is 14.3. The number of halogens is 1. The lowest BCUT2D eigenvalue weighted by Crippen LogP contribution is -2.57. The summed E-state index contributed by atoms with van der Waals surface area (Å²) in [6.45, 7) is 5.97. The van der Waals surface area contributed by atoms with Crippen LogP contribution in [-0.4, -0.2) is 86.0 Å². The number of nitrogens with two attached hydrogens (primary N) is 1. The molecule has 4 atom stereocenters. The molecule has 0 spiro atoms. The highest BCUT2D eigenvalue weighted by molar-refractivity contribution is 6.01. The highest BCUT2D eigenvalue weighted by Gasteiger charge is 2.37. The zero-order valence-corrected chi connectivity index (χ0v) is 29.1. The molecule has 15 heteroatoms. The van der Waals surface area contributed by atoms with Crippen LogP contribution in [0.5, 0.6) is 5.75 Å². The molecule has 276 valence electrons. The Morgan fingerprint density at radius 1 is 0.980 bits per heavy atom. The van der Waals surface area contributed by atoms with Crippen LogP contribution in [0.1, 0.15) is 68.8 Å². The molecule has 6 amide bonds. The van der Waals surface area contributed by atoms with E-state index in [0.29, 0.717) is 31.6 Å². The fraction of sp³-hybridized carbons (Fsp3) is 0.500. The van der Waals surface area contributed by atoms with Crippen molar-refractivity contribution >= 4 is 35.4 Å². The van der Waals surface area contributed by atoms with Gasteiger partial charge in [0, 0.05) is 31.6 Å². The van der Waals surface area contributed by atoms with E-state index < -0.39 is 77.3 Å². The summed E-state index contributed by atoms with van der Waals surface area (Å²) in [5.74, 6) is -4.76. The van der Waals surface area contributed by atoms with Gasteiger partial charge in [-0.25, -0.2) is 4.39 Å². The molecule has 0 radical (unpaired) electrons. The number of rotatable bonds is 8. The number of para-hydroxylation sites is 1. The normalized spacial score (nSPS) is 23.3. The van der Waals surface area contributed by atoms with Crippen molar-refractivity contribution in [2.45, 2.75) is 82.5 Å². The second-order valence-electron chi connectivity index (χ2n) is 13.4. The summed E-state index contributed by atoms with van der Waals surface area (Å²) >= 11 is 0. The van der Waals surface area contributed by atoms with Crippen molar-refractivity contribution in [1.29, 1.82) is 0 Å². The number of hydrogen-bond donors (Lipinski definition) is 6. The van der Waals surface area contributed by atoms with Crippen LogP contribution in [0, 0.1) is 11.7 Å². The largest absolute Gasteiger partial charge is 0.491 e. The number of nitrogens with one attached hydrogen (secondary N) is 5. The number of amides is 6. The van der Waals surface area contributed by atoms with Crippen LogP contribution in [0.2, 0.25) is 0 Å². The van der Waals surface area contributed by atoms with Crippen LogP contribution < -0.4 is 37.1 Å². The van der Waals surface area contributed by atoms with Crippen molar-refractivity contribution in [2.75, 3.05) is 26.4 Å². The standard InChI is InChI=1S/C36H47FN6O8/c1-21(2)31-35(49)40-22(3)19-51-28-10-5-4-9-25(28)32(46)42-27(18-30(45)41-26(34(48)43-31)11-12-29(38)44)33(47)39-20-36(13-15-50-16-14-36)23-7-6-8-24(37)17-23/h4-10,17,21-22,26-27,31H,11-16,18-20H2,1-3H3,(H2,38,44)(H,39,47)(H,40,49)(H,41,45)(H,42,46)(H,43,48)/t22-,26-,27-,31+/m0/s1. The Morgan fingerprint density at radius 3 is 2.39 bits per heavy atom. The SMILES string of the molecule is CC(C)[C@H]1NC(=O)[C@H](CCC(N)=O)NC(=O)C[C@@H](C(=O)NCC2(c3cccc(F)c3)CCOCC2)NC(=O)c2ccccc2OC[C@H](C)NC1=O. The van der Waals surface area contributed by atoms with E-state index in [4.69, 9.17) is 15.2 Å². The molecule has 1 saturated heterocycles. The fourth-order valence-corrected chi connectivity index (χ4v) is 6.12. The van der Waals surface area contributed by atoms with E-state index in [2.05, 4.69) is 26.6 Å². The van der Waals surface area contributed by atoms with E-state index in [9.17, 15) is 33.2 Å². The Balaban J connectivity index is 1.66. The number of carbonyl (C=O) groups is 6. The first-order valence-corrected chi connectivity index (χ1v) is 17.1. The van der Waals surface area contributed by atoms with Crippen molar-refractivity contribution < 1.29 is 42.6 Å². The highest BCUT2D eigenvalue weighted by atomic mass is 19.1. The lowest BCUT2D eigenvalue weighted by molar-refractivity contribution is -0.134. The number of ether oxygens (including phenoxy) is 2. The fourth-order valence-electron chi connectivity index (χ4n) is 6.12. The molecule has 4 rings (SSSR count). The lowest BCUT2D eigenvalue weighted by atomic mass is 9.74. The van der Waals surface area contributed by atoms with Gasteiger partial charge in [0.15, 0.2) is 0 Å². The van der Waals surface area contributed by atoms with Gasteiger partial charge in [0.05, 0.1) is 18.0 Å². The van der Waals surface area contributed by atoms with Crippen LogP contribution in [0.15, 0.2) is 48.5 Å². The quantitative estimate of drug-likeness (QED) is 0.232. The molecule has 2 aliphatic rings. The average molecular weight is 711 g/mol. The molecule has 2 aromatic rings. The zero-order chi connectivity index (χ0) is 37.1. The molecule has 0 saturated carbocycles. The van der Waals surface area contributed by atoms with Crippen molar-refractivity contribution in [1.82, 2.24) is 26.6 Å². The summed E-state index contributed by atoms with van der Waals surface area (Å²) in [4.78, 5) is 79.5. The number of benzene rings is 2. The monoisotopic (exact) mass is 710 g/mol. The molecule has 2 heterocycles. The van der Waals surface area contributed by atoms with Crippen LogP contribution in [-0.2, 0) is 34.1 Å². The van der Waals surface area contributed by atoms with Gasteiger partial charge in [0.1, 0.15) is 36.3 Å². The number of carbonyl (C=O) groups excluding carboxylic acids is 6. The molecular weight excluding hydrogens is 663 g/mol. The molecule has 7 N–H and O–H groups in total. The minimum atomic E-state index is -1.43. The first kappa shape index (κ1) is 38.7. The van der Waals surface area contributed by atoms with E-state index >= 15 is 0 Å². The summed E-state index contributed by atoms with van der Waals surface area (Å²) in [5.41, 5.74) is 5.43. The Kier molecular flexibility index (Phi) is 13.5. The maximum Gasteiger partial charge on any atom is 0.255 e. The molecule has 2 aliphatic heterocycles. The molecule has 14 nitrogen and oxygen atoms in total. The molecule has 0 unspecified atom stereocenters. The molecular formula is C36H47FN6O8. The van der Waals surface area contributed by atoms with Gasteiger partial charge in [-0.1, -0.05) is 38.1 Å². The predicted molar refractivity (Wildman–Crippen MR) is 184 cm³/mol. The molecule has 0 aliphatic carbocycles. The van der Waals surface area contributed by atoms with Gasteiger partial charge in [-0.3, -0.25) is 28.8 Å². The molecule has 51 heavy (non-hydrogen) atoms. The summed E-state index contributed by atoms with van der Waals surface area (Å²) in [5, 5.41) is 13.5. The summed E-state index contributed by atoms with van der Waals surface area (Å²) < 4.78 is 25.8. The van der Waals surface area contributed by atoms with Crippen LogP contribution >= 0.6 is 0 Å². The third-order valence-corrected chi connectivity index (χ3v) is 9.09. The van der Waals surface area contributed by atoms with Crippen molar-refractivity contribution in [3.8, 4) is 5.75 Å². The van der Waals surface area contributed by atoms with Crippen molar-refractivity contribution in [2.24, 2.45) is 11.7 Å². The maximum atomic E-state index is 14.3. The first-order chi connectivity index (χ1) is 24.3. The molecule has 0 bridgehead atoms. The van der Waals surface area contributed by atoms with Crippen molar-refractivity contribution in [3.05, 3.63) is 65.5 Å². The number of primary amides is 1. The van der Waals surface area contributed by atoms with Gasteiger partial charge in [0.25, 0.3) is 5.91 Å². The van der Waals surface area contributed by atoms with Crippen LogP contribution in [0.3, 0.4) is 0 Å². The van der Waals surface area contributed by atoms with Gasteiger partial charge < -0.3 is 41.8 Å². The van der Waals surface area contributed by atoms with E-state index in [-0.39, 0.29) is 43.2 Å². The Bertz CT molecular complexity index is 1600. The molecule has 0 aromatic heterocycles. The average Bonchev–Trinajstić information content (AvgIpc) is 3.09. The Labute approximate surface area is 296 Å². The number of hydrogen-bond acceptors (Lipinski definition) is 8. The third kappa shape index (κ3) is 10.7. The van der Waals surface area contributed by atoms with Gasteiger partial charge in [-0.15, -0.1) is 0 Å². The predicted octanol–water partition coefficient (Wildman–Crippen LogP) is 0.967. The lowest BCUT2D eigenvalue weighted by Gasteiger charge is -2.38. The van der Waals surface area contributed by atoms with Gasteiger partial charge in [-0.05, 0) is 61.9 Å². The van der Waals surface area contributed by atoms with Gasteiger partial charge in [-0.2, -0.15) is 0 Å². The minimum absolute atomic E-state index is 0.0358. The van der Waals surface area contributed by atoms with E-state index in [0.717, 1.165) is 0 Å². The zero-order valence-electron chi connectivity index (χ0n) is 29.1. The number of fused-ring (bicyclic) bond motifs is 1. The second kappa shape index (κ2) is 17.7. The third-order valence-electron chi connectivity index (χ3n) is 9.09. The summed E-state index contributed by atoms with van der Waals surface area (Å²) in [7, 11) is 0. The van der Waals surface area contributed by atoms with E-state index in [1.807, 2.05) is 0 Å². The second-order valence-corrected chi connectivity index (χ2v) is 13.4. The van der Waals surface area contributed by atoms with Crippen molar-refractivity contribution in [3.63, 3.8) is 0 Å². The first-order valence-electron chi connectivity index (χ1n) is 17.1. The smallest absolute Gasteiger partial charge is 0.255 e. The Morgan fingerprint density at radius 2 is 1.71 bits per heavy atom. The van der Waals surface area contributed by atoms with Crippen LogP contribution in [0.4, 0.5) is 4.39 Å². The summed E-state index contributed by atoms with van der Waals surface area (Å²) in [6.07, 6.45) is -0.0549. The topological polar surface area (TPSA) is 207 Å². The van der Waals surface area contributed by atoms with E-state index in [1.165, 1.54) is 18.2 Å². The summed E-state index contributed by atoms with van der Waals surface area (Å²) in [6, 6.07) is 8.17. The van der Waals surface area contributed by atoms with Crippen LogP contribution in [0.25, 0.3) is 0 Å². The highest BCUT2D eigenvalue weighted by Crippen LogP contribution is 2.34.